The molecule has 0 aliphatic carbocycles. The smallest absolute Gasteiger partial charge is 0.314 e. The average molecular weight is 352 g/mol. The third-order valence-electron chi connectivity index (χ3n) is 4.34. The van der Waals surface area contributed by atoms with E-state index in [9.17, 15) is 9.90 Å². The zero-order valence-electron chi connectivity index (χ0n) is 15.2. The van der Waals surface area contributed by atoms with Crippen LogP contribution in [0.15, 0.2) is 24.3 Å². The Balaban J connectivity index is 1.73. The van der Waals surface area contributed by atoms with E-state index in [1.807, 2.05) is 38.1 Å². The van der Waals surface area contributed by atoms with Gasteiger partial charge in [-0.15, -0.1) is 0 Å². The Bertz CT molecular complexity index is 519. The molecule has 0 bridgehead atoms. The first kappa shape index (κ1) is 19.5. The highest BCUT2D eigenvalue weighted by Crippen LogP contribution is 2.17. The van der Waals surface area contributed by atoms with Gasteiger partial charge < -0.3 is 24.2 Å². The number of aliphatic hydroxyl groups is 1. The van der Waals surface area contributed by atoms with Crippen molar-refractivity contribution < 1.29 is 29.0 Å². The number of likely N-dealkylation sites (tertiary alicyclic amines) is 1. The molecule has 6 nitrogen and oxygen atoms in total. The lowest BCUT2D eigenvalue weighted by Gasteiger charge is -2.30. The number of quaternary nitrogens is 1. The van der Waals surface area contributed by atoms with Gasteiger partial charge in [0.2, 0.25) is 0 Å². The second kappa shape index (κ2) is 10.3. The summed E-state index contributed by atoms with van der Waals surface area (Å²) in [6.45, 7) is 7.32. The van der Waals surface area contributed by atoms with Crippen molar-refractivity contribution in [3.05, 3.63) is 24.3 Å². The largest absolute Gasteiger partial charge is 0.494 e. The topological polar surface area (TPSA) is 69.4 Å². The van der Waals surface area contributed by atoms with E-state index in [0.29, 0.717) is 25.5 Å². The number of hydrogen-bond donors (Lipinski definition) is 2. The predicted octanol–water partition coefficient (Wildman–Crippen LogP) is 0.683. The Hall–Kier alpha value is -1.79. The van der Waals surface area contributed by atoms with Crippen LogP contribution in [0.2, 0.25) is 0 Å². The van der Waals surface area contributed by atoms with Crippen LogP contribution < -0.4 is 14.4 Å². The van der Waals surface area contributed by atoms with Crippen molar-refractivity contribution in [2.45, 2.75) is 32.8 Å². The molecule has 2 rings (SSSR count). The van der Waals surface area contributed by atoms with Crippen LogP contribution in [0.1, 0.15) is 26.7 Å². The van der Waals surface area contributed by atoms with Crippen LogP contribution >= 0.6 is 0 Å². The van der Waals surface area contributed by atoms with Gasteiger partial charge in [-0.05, 0) is 51.0 Å². The number of carbonyl (C=O) groups excluding carboxylic acids is 1. The van der Waals surface area contributed by atoms with Crippen molar-refractivity contribution >= 4 is 5.97 Å². The average Bonchev–Trinajstić information content (AvgIpc) is 2.62. The highest BCUT2D eigenvalue weighted by atomic mass is 16.5. The number of carbonyl (C=O) groups is 1. The van der Waals surface area contributed by atoms with Gasteiger partial charge in [-0.25, -0.2) is 0 Å². The predicted molar refractivity (Wildman–Crippen MR) is 94.0 cm³/mol. The van der Waals surface area contributed by atoms with Crippen molar-refractivity contribution in [3.8, 4) is 11.5 Å². The summed E-state index contributed by atoms with van der Waals surface area (Å²) in [7, 11) is 0. The van der Waals surface area contributed by atoms with Gasteiger partial charge in [0.1, 0.15) is 36.7 Å². The number of ether oxygens (including phenoxy) is 3. The molecule has 1 heterocycles. The van der Waals surface area contributed by atoms with Gasteiger partial charge in [-0.2, -0.15) is 0 Å². The molecule has 1 aliphatic heterocycles. The summed E-state index contributed by atoms with van der Waals surface area (Å²) in [5, 5.41) is 10.2. The van der Waals surface area contributed by atoms with Gasteiger partial charge in [0.05, 0.1) is 26.3 Å². The molecule has 2 N–H and O–H groups in total. The quantitative estimate of drug-likeness (QED) is 0.640. The molecule has 1 aromatic rings. The third kappa shape index (κ3) is 6.55. The molecule has 0 aromatic heterocycles. The van der Waals surface area contributed by atoms with Gasteiger partial charge in [0, 0.05) is 0 Å². The fourth-order valence-electron chi connectivity index (χ4n) is 3.18. The molecule has 140 valence electrons. The van der Waals surface area contributed by atoms with E-state index in [4.69, 9.17) is 14.2 Å². The number of benzene rings is 1. The lowest BCUT2D eigenvalue weighted by molar-refractivity contribution is -0.910. The molecular weight excluding hydrogens is 322 g/mol. The number of hydrogen-bond acceptors (Lipinski definition) is 5. The van der Waals surface area contributed by atoms with Crippen LogP contribution in [0.25, 0.3) is 0 Å². The van der Waals surface area contributed by atoms with Gasteiger partial charge in [-0.3, -0.25) is 4.79 Å². The number of nitrogens with one attached hydrogen (secondary N) is 1. The standard InChI is InChI=1S/C19H29NO5/c1-3-23-17-7-9-18(10-8-17)25-14-16(21)13-20-11-5-6-15(12-20)19(22)24-4-2/h7-10,15-16,21H,3-6,11-14H2,1-2H3/p+1/t15-,16+/m0/s1. The van der Waals surface area contributed by atoms with Crippen molar-refractivity contribution in [2.24, 2.45) is 5.92 Å². The van der Waals surface area contributed by atoms with Gasteiger partial charge in [0.15, 0.2) is 0 Å². The normalized spacial score (nSPS) is 21.4. The molecule has 3 atom stereocenters. The van der Waals surface area contributed by atoms with Crippen molar-refractivity contribution in [1.82, 2.24) is 0 Å². The molecule has 25 heavy (non-hydrogen) atoms. The lowest BCUT2D eigenvalue weighted by Crippen LogP contribution is -3.15. The zero-order chi connectivity index (χ0) is 18.1. The van der Waals surface area contributed by atoms with Crippen LogP contribution in [0.3, 0.4) is 0 Å². The zero-order valence-corrected chi connectivity index (χ0v) is 15.2. The Labute approximate surface area is 149 Å². The SMILES string of the molecule is CCOC(=O)[C@H]1CCC[NH+](C[C@@H](O)COc2ccc(OCC)cc2)C1. The van der Waals surface area contributed by atoms with E-state index in [0.717, 1.165) is 31.7 Å². The lowest BCUT2D eigenvalue weighted by atomic mass is 9.98. The van der Waals surface area contributed by atoms with E-state index >= 15 is 0 Å². The molecule has 1 aliphatic rings. The van der Waals surface area contributed by atoms with Crippen LogP contribution in [-0.2, 0) is 9.53 Å². The van der Waals surface area contributed by atoms with Crippen LogP contribution in [0, 0.1) is 5.92 Å². The maximum Gasteiger partial charge on any atom is 0.314 e. The van der Waals surface area contributed by atoms with E-state index in [1.165, 1.54) is 4.90 Å². The molecule has 1 aromatic carbocycles. The first-order valence-electron chi connectivity index (χ1n) is 9.16. The monoisotopic (exact) mass is 352 g/mol. The minimum atomic E-state index is -0.567. The summed E-state index contributed by atoms with van der Waals surface area (Å²) >= 11 is 0. The van der Waals surface area contributed by atoms with E-state index in [-0.39, 0.29) is 18.5 Å². The number of esters is 1. The summed E-state index contributed by atoms with van der Waals surface area (Å²) < 4.78 is 16.1. The summed E-state index contributed by atoms with van der Waals surface area (Å²) in [6, 6.07) is 7.38. The molecule has 1 fully saturated rings. The summed E-state index contributed by atoms with van der Waals surface area (Å²) in [6.07, 6.45) is 1.29. The minimum Gasteiger partial charge on any atom is -0.494 e. The van der Waals surface area contributed by atoms with Gasteiger partial charge >= 0.3 is 5.97 Å². The number of aliphatic hydroxyl groups excluding tert-OH is 1. The molecule has 1 unspecified atom stereocenters. The summed E-state index contributed by atoms with van der Waals surface area (Å²) in [5.74, 6) is 1.35. The minimum absolute atomic E-state index is 0.0528. The third-order valence-corrected chi connectivity index (χ3v) is 4.34. The molecule has 0 saturated carbocycles. The fourth-order valence-corrected chi connectivity index (χ4v) is 3.18. The Morgan fingerprint density at radius 2 is 1.88 bits per heavy atom. The molecule has 6 heteroatoms. The van der Waals surface area contributed by atoms with Crippen LogP contribution in [-0.4, -0.2) is 56.6 Å². The highest BCUT2D eigenvalue weighted by molar-refractivity contribution is 5.72. The second-order valence-corrected chi connectivity index (χ2v) is 6.37. The Morgan fingerprint density at radius 1 is 1.20 bits per heavy atom. The van der Waals surface area contributed by atoms with E-state index in [2.05, 4.69) is 0 Å². The van der Waals surface area contributed by atoms with Gasteiger partial charge in [-0.1, -0.05) is 0 Å². The first-order valence-corrected chi connectivity index (χ1v) is 9.16. The second-order valence-electron chi connectivity index (χ2n) is 6.37. The Morgan fingerprint density at radius 3 is 2.52 bits per heavy atom. The molecule has 0 spiro atoms. The summed E-state index contributed by atoms with van der Waals surface area (Å²) in [4.78, 5) is 13.1. The first-order chi connectivity index (χ1) is 12.1. The highest BCUT2D eigenvalue weighted by Gasteiger charge is 2.30. The Kier molecular flexibility index (Phi) is 8.01. The molecule has 0 radical (unpaired) electrons. The number of rotatable bonds is 9. The molecule has 1 saturated heterocycles. The fraction of sp³-hybridized carbons (Fsp3) is 0.632. The maximum absolute atomic E-state index is 11.9. The van der Waals surface area contributed by atoms with Crippen molar-refractivity contribution in [3.63, 3.8) is 0 Å². The van der Waals surface area contributed by atoms with Gasteiger partial charge in [0.25, 0.3) is 0 Å². The van der Waals surface area contributed by atoms with E-state index in [1.54, 1.807) is 0 Å². The van der Waals surface area contributed by atoms with Crippen molar-refractivity contribution in [1.29, 1.82) is 0 Å². The number of piperidine rings is 1. The molecular formula is C19H30NO5+. The summed E-state index contributed by atoms with van der Waals surface area (Å²) in [5.41, 5.74) is 0. The van der Waals surface area contributed by atoms with E-state index < -0.39 is 6.10 Å². The maximum atomic E-state index is 11.9. The molecule has 0 amide bonds. The van der Waals surface area contributed by atoms with Crippen LogP contribution in [0.5, 0.6) is 11.5 Å². The van der Waals surface area contributed by atoms with Crippen molar-refractivity contribution in [2.75, 3.05) is 39.5 Å². The van der Waals surface area contributed by atoms with Crippen LogP contribution in [0.4, 0.5) is 0 Å².